The van der Waals surface area contributed by atoms with Crippen LogP contribution in [-0.2, 0) is 9.53 Å². The minimum atomic E-state index is -0.133. The van der Waals surface area contributed by atoms with Crippen molar-refractivity contribution in [2.45, 2.75) is 43.6 Å². The SMILES string of the molecule is Cc1cc(SC2CC(C)OC2=O)nc(C)n1. The van der Waals surface area contributed by atoms with Crippen molar-refractivity contribution in [3.63, 3.8) is 0 Å². The number of ether oxygens (including phenoxy) is 1. The summed E-state index contributed by atoms with van der Waals surface area (Å²) in [4.78, 5) is 20.0. The molecule has 1 fully saturated rings. The molecule has 2 heterocycles. The van der Waals surface area contributed by atoms with E-state index in [0.717, 1.165) is 23.0 Å². The normalized spacial score (nSPS) is 24.6. The van der Waals surface area contributed by atoms with Crippen LogP contribution in [-0.4, -0.2) is 27.3 Å². The van der Waals surface area contributed by atoms with Crippen LogP contribution in [0.1, 0.15) is 24.9 Å². The minimum Gasteiger partial charge on any atom is -0.462 e. The maximum absolute atomic E-state index is 11.5. The summed E-state index contributed by atoms with van der Waals surface area (Å²) in [6.07, 6.45) is 0.778. The van der Waals surface area contributed by atoms with Crippen LogP contribution < -0.4 is 0 Å². The molecule has 2 rings (SSSR count). The van der Waals surface area contributed by atoms with E-state index < -0.39 is 0 Å². The van der Waals surface area contributed by atoms with E-state index in [1.165, 1.54) is 11.8 Å². The smallest absolute Gasteiger partial charge is 0.319 e. The topological polar surface area (TPSA) is 52.1 Å². The zero-order valence-electron chi connectivity index (χ0n) is 9.56. The highest BCUT2D eigenvalue weighted by Crippen LogP contribution is 2.31. The molecule has 1 aromatic heterocycles. The average Bonchev–Trinajstić information content (AvgIpc) is 2.43. The van der Waals surface area contributed by atoms with Gasteiger partial charge in [0.15, 0.2) is 0 Å². The number of rotatable bonds is 2. The Bertz CT molecular complexity index is 402. The minimum absolute atomic E-state index is 0.0223. The van der Waals surface area contributed by atoms with Crippen molar-refractivity contribution in [3.05, 3.63) is 17.6 Å². The first-order valence-corrected chi connectivity index (χ1v) is 6.12. The third-order valence-electron chi connectivity index (χ3n) is 2.33. The fraction of sp³-hybridized carbons (Fsp3) is 0.545. The molecule has 4 nitrogen and oxygen atoms in total. The van der Waals surface area contributed by atoms with Gasteiger partial charge >= 0.3 is 5.97 Å². The lowest BCUT2D eigenvalue weighted by Crippen LogP contribution is -2.10. The van der Waals surface area contributed by atoms with Gasteiger partial charge in [0.1, 0.15) is 22.2 Å². The molecule has 86 valence electrons. The standard InChI is InChI=1S/C11H14N2O2S/c1-6-4-10(13-8(3)12-6)16-9-5-7(2)15-11(9)14/h4,7,9H,5H2,1-3H3. The second kappa shape index (κ2) is 4.41. The largest absolute Gasteiger partial charge is 0.462 e. The van der Waals surface area contributed by atoms with Crippen molar-refractivity contribution >= 4 is 17.7 Å². The second-order valence-corrected chi connectivity index (χ2v) is 5.21. The number of esters is 1. The van der Waals surface area contributed by atoms with Crippen LogP contribution in [0.25, 0.3) is 0 Å². The van der Waals surface area contributed by atoms with E-state index in [1.54, 1.807) is 0 Å². The summed E-state index contributed by atoms with van der Waals surface area (Å²) in [6.45, 7) is 5.69. The molecule has 0 spiro atoms. The maximum atomic E-state index is 11.5. The molecule has 1 aliphatic rings. The number of nitrogens with zero attached hydrogens (tertiary/aromatic N) is 2. The lowest BCUT2D eigenvalue weighted by Gasteiger charge is -2.05. The van der Waals surface area contributed by atoms with E-state index in [4.69, 9.17) is 4.74 Å². The van der Waals surface area contributed by atoms with Gasteiger partial charge in [-0.15, -0.1) is 0 Å². The number of aryl methyl sites for hydroxylation is 2. The second-order valence-electron chi connectivity index (χ2n) is 3.98. The lowest BCUT2D eigenvalue weighted by atomic mass is 10.3. The van der Waals surface area contributed by atoms with Gasteiger partial charge in [0.2, 0.25) is 0 Å². The van der Waals surface area contributed by atoms with Crippen molar-refractivity contribution in [1.29, 1.82) is 0 Å². The molecule has 0 amide bonds. The molecule has 5 heteroatoms. The van der Waals surface area contributed by atoms with Gasteiger partial charge in [-0.3, -0.25) is 4.79 Å². The monoisotopic (exact) mass is 238 g/mol. The summed E-state index contributed by atoms with van der Waals surface area (Å²) < 4.78 is 5.10. The first-order valence-electron chi connectivity index (χ1n) is 5.24. The molecule has 2 atom stereocenters. The fourth-order valence-corrected chi connectivity index (χ4v) is 2.94. The molecule has 2 unspecified atom stereocenters. The Hall–Kier alpha value is -1.10. The van der Waals surface area contributed by atoms with Crippen molar-refractivity contribution in [1.82, 2.24) is 9.97 Å². The van der Waals surface area contributed by atoms with Gasteiger partial charge in [0.05, 0.1) is 0 Å². The molecular formula is C11H14N2O2S. The predicted octanol–water partition coefficient (Wildman–Crippen LogP) is 1.89. The first kappa shape index (κ1) is 11.4. The molecule has 1 aromatic rings. The fourth-order valence-electron chi connectivity index (χ4n) is 1.71. The highest BCUT2D eigenvalue weighted by Gasteiger charge is 2.32. The molecule has 0 saturated carbocycles. The lowest BCUT2D eigenvalue weighted by molar-refractivity contribution is -0.140. The first-order chi connectivity index (χ1) is 7.54. The number of cyclic esters (lactones) is 1. The summed E-state index contributed by atoms with van der Waals surface area (Å²) in [5.41, 5.74) is 0.925. The number of aromatic nitrogens is 2. The molecular weight excluding hydrogens is 224 g/mol. The molecule has 0 bridgehead atoms. The van der Waals surface area contributed by atoms with Crippen LogP contribution >= 0.6 is 11.8 Å². The van der Waals surface area contributed by atoms with Gasteiger partial charge in [0.25, 0.3) is 0 Å². The van der Waals surface area contributed by atoms with E-state index in [0.29, 0.717) is 0 Å². The number of hydrogen-bond acceptors (Lipinski definition) is 5. The predicted molar refractivity (Wildman–Crippen MR) is 61.3 cm³/mol. The van der Waals surface area contributed by atoms with Crippen LogP contribution in [0.2, 0.25) is 0 Å². The van der Waals surface area contributed by atoms with E-state index in [1.807, 2.05) is 26.8 Å². The highest BCUT2D eigenvalue weighted by atomic mass is 32.2. The molecule has 1 saturated heterocycles. The van der Waals surface area contributed by atoms with Gasteiger partial charge in [-0.25, -0.2) is 9.97 Å². The number of carbonyl (C=O) groups is 1. The summed E-state index contributed by atoms with van der Waals surface area (Å²) in [5, 5.41) is 0.727. The molecule has 16 heavy (non-hydrogen) atoms. The van der Waals surface area contributed by atoms with Gasteiger partial charge in [-0.1, -0.05) is 11.8 Å². The Balaban J connectivity index is 2.12. The molecule has 0 aromatic carbocycles. The van der Waals surface area contributed by atoms with Gasteiger partial charge < -0.3 is 4.74 Å². The van der Waals surface area contributed by atoms with Crippen molar-refractivity contribution in [2.24, 2.45) is 0 Å². The quantitative estimate of drug-likeness (QED) is 0.581. The number of thioether (sulfide) groups is 1. The summed E-state index contributed by atoms with van der Waals surface area (Å²) in [7, 11) is 0. The Morgan fingerprint density at radius 2 is 2.19 bits per heavy atom. The van der Waals surface area contributed by atoms with Gasteiger partial charge in [-0.2, -0.15) is 0 Å². The van der Waals surface area contributed by atoms with Crippen LogP contribution in [0.4, 0.5) is 0 Å². The molecule has 1 aliphatic heterocycles. The summed E-state index contributed by atoms with van der Waals surface area (Å²) in [6, 6.07) is 1.90. The van der Waals surface area contributed by atoms with Crippen LogP contribution in [0, 0.1) is 13.8 Å². The van der Waals surface area contributed by atoms with Crippen molar-refractivity contribution in [3.8, 4) is 0 Å². The molecule has 0 radical (unpaired) electrons. The van der Waals surface area contributed by atoms with E-state index >= 15 is 0 Å². The zero-order valence-corrected chi connectivity index (χ0v) is 10.4. The van der Waals surface area contributed by atoms with Crippen molar-refractivity contribution < 1.29 is 9.53 Å². The molecule has 0 N–H and O–H groups in total. The van der Waals surface area contributed by atoms with Crippen LogP contribution in [0.15, 0.2) is 11.1 Å². The Morgan fingerprint density at radius 3 is 2.75 bits per heavy atom. The number of hydrogen-bond donors (Lipinski definition) is 0. The Kier molecular flexibility index (Phi) is 3.14. The Labute approximate surface area is 98.8 Å². The third kappa shape index (κ3) is 2.52. The van der Waals surface area contributed by atoms with Crippen LogP contribution in [0.5, 0.6) is 0 Å². The highest BCUT2D eigenvalue weighted by molar-refractivity contribution is 8.00. The van der Waals surface area contributed by atoms with Gasteiger partial charge in [0, 0.05) is 12.1 Å². The number of carbonyl (C=O) groups excluding carboxylic acids is 1. The van der Waals surface area contributed by atoms with E-state index in [2.05, 4.69) is 9.97 Å². The summed E-state index contributed by atoms with van der Waals surface area (Å²) >= 11 is 1.47. The Morgan fingerprint density at radius 1 is 1.44 bits per heavy atom. The summed E-state index contributed by atoms with van der Waals surface area (Å²) in [5.74, 6) is 0.605. The van der Waals surface area contributed by atoms with E-state index in [-0.39, 0.29) is 17.3 Å². The maximum Gasteiger partial charge on any atom is 0.319 e. The van der Waals surface area contributed by atoms with Crippen molar-refractivity contribution in [2.75, 3.05) is 0 Å². The van der Waals surface area contributed by atoms with E-state index in [9.17, 15) is 4.79 Å². The van der Waals surface area contributed by atoms with Gasteiger partial charge in [-0.05, 0) is 26.8 Å². The molecule has 0 aliphatic carbocycles. The zero-order chi connectivity index (χ0) is 11.7. The van der Waals surface area contributed by atoms with Crippen LogP contribution in [0.3, 0.4) is 0 Å². The average molecular weight is 238 g/mol. The third-order valence-corrected chi connectivity index (χ3v) is 3.45.